The van der Waals surface area contributed by atoms with Crippen molar-refractivity contribution in [1.29, 1.82) is 0 Å². The fourth-order valence-electron chi connectivity index (χ4n) is 5.83. The topological polar surface area (TPSA) is 56.5 Å². The van der Waals surface area contributed by atoms with Gasteiger partial charge in [-0.25, -0.2) is 0 Å². The molecule has 24 heavy (non-hydrogen) atoms. The van der Waals surface area contributed by atoms with Crippen LogP contribution in [-0.4, -0.2) is 11.8 Å². The van der Waals surface area contributed by atoms with Crippen molar-refractivity contribution in [3.8, 4) is 0 Å². The second-order valence-corrected chi connectivity index (χ2v) is 8.48. The van der Waals surface area contributed by atoms with Crippen LogP contribution in [0.2, 0.25) is 0 Å². The number of ether oxygens (including phenoxy) is 1. The standard InChI is InChI=1S/C20H26O4/c1-11-8-12(2)18(21)17-14(11)4-5-15-19(22)24-16(9-20(15,17)3)13-6-7-23-10-13/h6-7,10-12,14-17H,4-5,8-9H2,1-3H3/t11-,12+,14?,15+,16?,17?,20+/m1/s1. The summed E-state index contributed by atoms with van der Waals surface area (Å²) < 4.78 is 10.9. The Kier molecular flexibility index (Phi) is 3.63. The van der Waals surface area contributed by atoms with E-state index in [-0.39, 0.29) is 35.2 Å². The molecular formula is C20H26O4. The summed E-state index contributed by atoms with van der Waals surface area (Å²) in [6.07, 6.45) is 6.48. The maximum atomic E-state index is 13.1. The summed E-state index contributed by atoms with van der Waals surface area (Å²) in [5.41, 5.74) is 0.592. The third-order valence-corrected chi connectivity index (χ3v) is 7.05. The van der Waals surface area contributed by atoms with Crippen LogP contribution in [-0.2, 0) is 14.3 Å². The van der Waals surface area contributed by atoms with Crippen LogP contribution < -0.4 is 0 Å². The largest absolute Gasteiger partial charge is 0.472 e. The van der Waals surface area contributed by atoms with Crippen molar-refractivity contribution < 1.29 is 18.7 Å². The van der Waals surface area contributed by atoms with Crippen LogP contribution in [0, 0.1) is 35.0 Å². The van der Waals surface area contributed by atoms with Crippen LogP contribution in [0.25, 0.3) is 0 Å². The number of hydrogen-bond donors (Lipinski definition) is 0. The van der Waals surface area contributed by atoms with Gasteiger partial charge in [0.2, 0.25) is 0 Å². The Morgan fingerprint density at radius 1 is 1.21 bits per heavy atom. The van der Waals surface area contributed by atoms with E-state index in [1.807, 2.05) is 6.07 Å². The van der Waals surface area contributed by atoms with Crippen LogP contribution in [0.5, 0.6) is 0 Å². The molecule has 3 aliphatic rings. The molecule has 0 aromatic carbocycles. The Balaban J connectivity index is 1.73. The molecule has 3 fully saturated rings. The molecule has 0 radical (unpaired) electrons. The zero-order valence-electron chi connectivity index (χ0n) is 14.7. The normalized spacial score (nSPS) is 45.3. The van der Waals surface area contributed by atoms with Gasteiger partial charge in [0.25, 0.3) is 0 Å². The van der Waals surface area contributed by atoms with Crippen molar-refractivity contribution in [1.82, 2.24) is 0 Å². The first-order chi connectivity index (χ1) is 11.4. The van der Waals surface area contributed by atoms with Gasteiger partial charge >= 0.3 is 5.97 Å². The summed E-state index contributed by atoms with van der Waals surface area (Å²) >= 11 is 0. The molecule has 0 amide bonds. The Bertz CT molecular complexity index is 649. The van der Waals surface area contributed by atoms with Crippen LogP contribution in [0.3, 0.4) is 0 Å². The van der Waals surface area contributed by atoms with E-state index in [1.54, 1.807) is 12.5 Å². The molecule has 0 N–H and O–H groups in total. The van der Waals surface area contributed by atoms with Gasteiger partial charge in [0.05, 0.1) is 18.4 Å². The summed E-state index contributed by atoms with van der Waals surface area (Å²) in [7, 11) is 0. The van der Waals surface area contributed by atoms with Gasteiger partial charge < -0.3 is 9.15 Å². The van der Waals surface area contributed by atoms with E-state index < -0.39 is 0 Å². The molecule has 2 heterocycles. The number of ketones is 1. The second kappa shape index (κ2) is 5.47. The molecule has 0 spiro atoms. The predicted octanol–water partition coefficient (Wildman–Crippen LogP) is 4.16. The van der Waals surface area contributed by atoms with Crippen molar-refractivity contribution in [2.45, 2.75) is 52.6 Å². The lowest BCUT2D eigenvalue weighted by molar-refractivity contribution is -0.191. The average Bonchev–Trinajstić information content (AvgIpc) is 3.05. The van der Waals surface area contributed by atoms with Crippen molar-refractivity contribution in [2.75, 3.05) is 0 Å². The third kappa shape index (κ3) is 2.18. The summed E-state index contributed by atoms with van der Waals surface area (Å²) in [6.45, 7) is 6.49. The minimum absolute atomic E-state index is 0.0164. The zero-order valence-corrected chi connectivity index (χ0v) is 14.7. The first-order valence-electron chi connectivity index (χ1n) is 9.18. The third-order valence-electron chi connectivity index (χ3n) is 7.05. The van der Waals surface area contributed by atoms with E-state index in [2.05, 4.69) is 20.8 Å². The Labute approximate surface area is 142 Å². The van der Waals surface area contributed by atoms with Gasteiger partial charge in [-0.05, 0) is 49.0 Å². The lowest BCUT2D eigenvalue weighted by atomic mass is 9.48. The fourth-order valence-corrected chi connectivity index (χ4v) is 5.83. The second-order valence-electron chi connectivity index (χ2n) is 8.48. The summed E-state index contributed by atoms with van der Waals surface area (Å²) in [5, 5.41) is 0. The number of carbonyl (C=O) groups is 2. The number of furan rings is 1. The van der Waals surface area contributed by atoms with Crippen LogP contribution in [0.4, 0.5) is 0 Å². The number of fused-ring (bicyclic) bond motifs is 3. The monoisotopic (exact) mass is 330 g/mol. The first kappa shape index (κ1) is 15.9. The van der Waals surface area contributed by atoms with Gasteiger partial charge in [0.1, 0.15) is 11.9 Å². The first-order valence-corrected chi connectivity index (χ1v) is 9.18. The van der Waals surface area contributed by atoms with Crippen molar-refractivity contribution in [3.63, 3.8) is 0 Å². The van der Waals surface area contributed by atoms with E-state index >= 15 is 0 Å². The smallest absolute Gasteiger partial charge is 0.310 e. The number of rotatable bonds is 1. The molecule has 4 heteroatoms. The van der Waals surface area contributed by atoms with Gasteiger partial charge in [-0.15, -0.1) is 0 Å². The molecule has 1 aromatic heterocycles. The van der Waals surface area contributed by atoms with E-state index in [0.717, 1.165) is 31.2 Å². The molecule has 4 rings (SSSR count). The molecular weight excluding hydrogens is 304 g/mol. The van der Waals surface area contributed by atoms with Crippen LogP contribution in [0.15, 0.2) is 23.0 Å². The van der Waals surface area contributed by atoms with Crippen molar-refractivity contribution in [2.24, 2.45) is 35.0 Å². The number of hydrogen-bond acceptors (Lipinski definition) is 4. The van der Waals surface area contributed by atoms with E-state index in [0.29, 0.717) is 17.6 Å². The van der Waals surface area contributed by atoms with Gasteiger partial charge in [-0.3, -0.25) is 9.59 Å². The lowest BCUT2D eigenvalue weighted by Gasteiger charge is -2.56. The molecule has 1 aromatic rings. The number of cyclic esters (lactones) is 1. The molecule has 7 atom stereocenters. The van der Waals surface area contributed by atoms with Crippen LogP contribution in [0.1, 0.15) is 58.1 Å². The lowest BCUT2D eigenvalue weighted by Crippen LogP contribution is -2.57. The molecule has 1 aliphatic heterocycles. The van der Waals surface area contributed by atoms with Gasteiger partial charge in [0.15, 0.2) is 0 Å². The highest BCUT2D eigenvalue weighted by molar-refractivity contribution is 5.87. The minimum Gasteiger partial charge on any atom is -0.472 e. The zero-order chi connectivity index (χ0) is 17.1. The molecule has 4 nitrogen and oxygen atoms in total. The number of carbonyl (C=O) groups excluding carboxylic acids is 2. The summed E-state index contributed by atoms with van der Waals surface area (Å²) in [5.74, 6) is 1.12. The maximum Gasteiger partial charge on any atom is 0.310 e. The summed E-state index contributed by atoms with van der Waals surface area (Å²) in [4.78, 5) is 25.8. The molecule has 3 unspecified atom stereocenters. The van der Waals surface area contributed by atoms with E-state index in [1.165, 1.54) is 0 Å². The molecule has 0 bridgehead atoms. The summed E-state index contributed by atoms with van der Waals surface area (Å²) in [6, 6.07) is 1.86. The van der Waals surface area contributed by atoms with Crippen molar-refractivity contribution >= 4 is 11.8 Å². The highest BCUT2D eigenvalue weighted by Crippen LogP contribution is 2.60. The number of Topliss-reactive ketones (excluding diaryl/α,β-unsaturated/α-hetero) is 1. The maximum absolute atomic E-state index is 13.1. The number of esters is 1. The van der Waals surface area contributed by atoms with Crippen molar-refractivity contribution in [3.05, 3.63) is 24.2 Å². The van der Waals surface area contributed by atoms with E-state index in [4.69, 9.17) is 9.15 Å². The Morgan fingerprint density at radius 3 is 2.71 bits per heavy atom. The Morgan fingerprint density at radius 2 is 2.00 bits per heavy atom. The van der Waals surface area contributed by atoms with Crippen LogP contribution >= 0.6 is 0 Å². The highest BCUT2D eigenvalue weighted by atomic mass is 16.5. The highest BCUT2D eigenvalue weighted by Gasteiger charge is 2.60. The molecule has 2 aliphatic carbocycles. The molecule has 1 saturated heterocycles. The minimum atomic E-state index is -0.305. The Hall–Kier alpha value is -1.58. The SMILES string of the molecule is C[C@@H]1C[C@H](C)C(=O)C2C1CC[C@H]1C(=O)OC(c3ccoc3)C[C@]21C. The fraction of sp³-hybridized carbons (Fsp3) is 0.700. The van der Waals surface area contributed by atoms with Gasteiger partial charge in [-0.2, -0.15) is 0 Å². The average molecular weight is 330 g/mol. The van der Waals surface area contributed by atoms with Gasteiger partial charge in [0, 0.05) is 17.4 Å². The molecule has 130 valence electrons. The predicted molar refractivity (Wildman–Crippen MR) is 87.9 cm³/mol. The van der Waals surface area contributed by atoms with E-state index in [9.17, 15) is 9.59 Å². The quantitative estimate of drug-likeness (QED) is 0.726. The molecule has 2 saturated carbocycles. The van der Waals surface area contributed by atoms with Gasteiger partial charge in [-0.1, -0.05) is 20.8 Å².